The first-order valence-corrected chi connectivity index (χ1v) is 8.49. The molecule has 0 spiro atoms. The van der Waals surface area contributed by atoms with Gasteiger partial charge in [-0.05, 0) is 36.8 Å². The standard InChI is InChI=1S/C20H17N7/c1-14-10-23-19(24-11-14)13-25-18-9-17(16-3-2-6-22-12-16)26-20(27-18)15-4-7-21-8-5-15/h2-12H,13H2,1H3,(H,25,26,27). The van der Waals surface area contributed by atoms with Crippen LogP contribution in [0.3, 0.4) is 0 Å². The van der Waals surface area contributed by atoms with Gasteiger partial charge in [0.25, 0.3) is 0 Å². The molecule has 0 aliphatic heterocycles. The summed E-state index contributed by atoms with van der Waals surface area (Å²) in [6.07, 6.45) is 10.6. The van der Waals surface area contributed by atoms with Crippen LogP contribution in [0.25, 0.3) is 22.6 Å². The lowest BCUT2D eigenvalue weighted by Gasteiger charge is -2.10. The Morgan fingerprint density at radius 3 is 2.41 bits per heavy atom. The van der Waals surface area contributed by atoms with Crippen molar-refractivity contribution in [3.63, 3.8) is 0 Å². The zero-order valence-corrected chi connectivity index (χ0v) is 14.7. The Morgan fingerprint density at radius 2 is 1.67 bits per heavy atom. The number of hydrogen-bond acceptors (Lipinski definition) is 7. The molecule has 27 heavy (non-hydrogen) atoms. The van der Waals surface area contributed by atoms with Crippen molar-refractivity contribution in [1.82, 2.24) is 29.9 Å². The van der Waals surface area contributed by atoms with Gasteiger partial charge in [0.15, 0.2) is 5.82 Å². The Kier molecular flexibility index (Phi) is 4.74. The molecule has 1 N–H and O–H groups in total. The summed E-state index contributed by atoms with van der Waals surface area (Å²) in [5, 5.41) is 3.29. The highest BCUT2D eigenvalue weighted by Gasteiger charge is 2.09. The lowest BCUT2D eigenvalue weighted by molar-refractivity contribution is 0.929. The van der Waals surface area contributed by atoms with Gasteiger partial charge in [-0.3, -0.25) is 9.97 Å². The molecule has 7 nitrogen and oxygen atoms in total. The van der Waals surface area contributed by atoms with Gasteiger partial charge in [-0.1, -0.05) is 0 Å². The number of anilines is 1. The molecule has 0 unspecified atom stereocenters. The summed E-state index contributed by atoms with van der Waals surface area (Å²) in [5.41, 5.74) is 3.63. The molecular formula is C20H17N7. The Hall–Kier alpha value is -3.74. The van der Waals surface area contributed by atoms with Crippen LogP contribution < -0.4 is 5.32 Å². The minimum absolute atomic E-state index is 0.472. The van der Waals surface area contributed by atoms with Gasteiger partial charge in [-0.25, -0.2) is 19.9 Å². The van der Waals surface area contributed by atoms with Crippen LogP contribution in [-0.2, 0) is 6.54 Å². The first-order valence-electron chi connectivity index (χ1n) is 8.49. The van der Waals surface area contributed by atoms with Gasteiger partial charge in [0.2, 0.25) is 0 Å². The van der Waals surface area contributed by atoms with Gasteiger partial charge in [-0.15, -0.1) is 0 Å². The Labute approximate surface area is 156 Å². The van der Waals surface area contributed by atoms with E-state index in [2.05, 4.69) is 30.2 Å². The van der Waals surface area contributed by atoms with Crippen LogP contribution >= 0.6 is 0 Å². The molecule has 0 saturated carbocycles. The molecule has 0 bridgehead atoms. The molecule has 0 aliphatic carbocycles. The van der Waals surface area contributed by atoms with Crippen molar-refractivity contribution in [3.05, 3.63) is 78.9 Å². The van der Waals surface area contributed by atoms with Crippen molar-refractivity contribution >= 4 is 5.82 Å². The van der Waals surface area contributed by atoms with E-state index in [9.17, 15) is 0 Å². The number of nitrogens with one attached hydrogen (secondary N) is 1. The van der Waals surface area contributed by atoms with E-state index in [0.29, 0.717) is 24.0 Å². The topological polar surface area (TPSA) is 89.4 Å². The average molecular weight is 355 g/mol. The molecule has 0 amide bonds. The second-order valence-corrected chi connectivity index (χ2v) is 5.97. The van der Waals surface area contributed by atoms with Crippen LogP contribution in [0.2, 0.25) is 0 Å². The van der Waals surface area contributed by atoms with Crippen LogP contribution in [0, 0.1) is 6.92 Å². The van der Waals surface area contributed by atoms with Gasteiger partial charge in [0.1, 0.15) is 11.6 Å². The van der Waals surface area contributed by atoms with Crippen molar-refractivity contribution in [2.75, 3.05) is 5.32 Å². The van der Waals surface area contributed by atoms with Crippen LogP contribution in [0.15, 0.2) is 67.5 Å². The molecule has 0 saturated heterocycles. The second kappa shape index (κ2) is 7.65. The molecule has 0 aromatic carbocycles. The van der Waals surface area contributed by atoms with Crippen molar-refractivity contribution in [1.29, 1.82) is 0 Å². The van der Waals surface area contributed by atoms with Crippen molar-refractivity contribution < 1.29 is 0 Å². The van der Waals surface area contributed by atoms with Crippen molar-refractivity contribution in [2.24, 2.45) is 0 Å². The minimum atomic E-state index is 0.472. The van der Waals surface area contributed by atoms with Crippen LogP contribution in [0.4, 0.5) is 5.82 Å². The average Bonchev–Trinajstić information content (AvgIpc) is 2.74. The highest BCUT2D eigenvalue weighted by molar-refractivity contribution is 5.66. The third-order valence-corrected chi connectivity index (χ3v) is 3.88. The smallest absolute Gasteiger partial charge is 0.162 e. The molecular weight excluding hydrogens is 338 g/mol. The van der Waals surface area contributed by atoms with Crippen molar-refractivity contribution in [2.45, 2.75) is 13.5 Å². The highest BCUT2D eigenvalue weighted by atomic mass is 15.1. The maximum Gasteiger partial charge on any atom is 0.162 e. The van der Waals surface area contributed by atoms with Gasteiger partial charge in [0.05, 0.1) is 12.2 Å². The minimum Gasteiger partial charge on any atom is -0.363 e. The molecule has 0 radical (unpaired) electrons. The van der Waals surface area contributed by atoms with E-state index in [0.717, 1.165) is 22.4 Å². The van der Waals surface area contributed by atoms with Gasteiger partial charge >= 0.3 is 0 Å². The largest absolute Gasteiger partial charge is 0.363 e. The normalized spacial score (nSPS) is 10.6. The summed E-state index contributed by atoms with van der Waals surface area (Å²) in [6, 6.07) is 9.52. The number of aromatic nitrogens is 6. The van der Waals surface area contributed by atoms with Gasteiger partial charge in [-0.2, -0.15) is 0 Å². The second-order valence-electron chi connectivity index (χ2n) is 5.97. The Bertz CT molecular complexity index is 961. The predicted molar refractivity (Wildman–Crippen MR) is 103 cm³/mol. The van der Waals surface area contributed by atoms with E-state index in [-0.39, 0.29) is 0 Å². The molecule has 4 heterocycles. The number of nitrogens with zero attached hydrogens (tertiary/aromatic N) is 6. The number of rotatable bonds is 5. The summed E-state index contributed by atoms with van der Waals surface area (Å²) >= 11 is 0. The highest BCUT2D eigenvalue weighted by Crippen LogP contribution is 2.23. The SMILES string of the molecule is Cc1cnc(CNc2cc(-c3cccnc3)nc(-c3ccncc3)n2)nc1. The fourth-order valence-corrected chi connectivity index (χ4v) is 2.51. The fourth-order valence-electron chi connectivity index (χ4n) is 2.51. The number of aryl methyl sites for hydroxylation is 1. The molecule has 4 rings (SSSR count). The maximum atomic E-state index is 4.69. The summed E-state index contributed by atoms with van der Waals surface area (Å²) in [4.78, 5) is 26.2. The number of hydrogen-bond donors (Lipinski definition) is 1. The molecule has 4 aromatic rings. The van der Waals surface area contributed by atoms with Crippen molar-refractivity contribution in [3.8, 4) is 22.6 Å². The first-order chi connectivity index (χ1) is 13.3. The van der Waals surface area contributed by atoms with E-state index in [1.807, 2.05) is 37.3 Å². The Balaban J connectivity index is 1.68. The van der Waals surface area contributed by atoms with E-state index >= 15 is 0 Å². The monoisotopic (exact) mass is 355 g/mol. The molecule has 0 aliphatic rings. The molecule has 7 heteroatoms. The zero-order valence-electron chi connectivity index (χ0n) is 14.7. The molecule has 4 aromatic heterocycles. The first kappa shape index (κ1) is 16.7. The number of pyridine rings is 2. The summed E-state index contributed by atoms with van der Waals surface area (Å²) in [7, 11) is 0. The van der Waals surface area contributed by atoms with Crippen LogP contribution in [-0.4, -0.2) is 29.9 Å². The van der Waals surface area contributed by atoms with Gasteiger partial charge in [0, 0.05) is 54.4 Å². The van der Waals surface area contributed by atoms with E-state index in [1.165, 1.54) is 0 Å². The zero-order chi connectivity index (χ0) is 18.5. The molecule has 0 atom stereocenters. The van der Waals surface area contributed by atoms with E-state index < -0.39 is 0 Å². The maximum absolute atomic E-state index is 4.69. The summed E-state index contributed by atoms with van der Waals surface area (Å²) in [5.74, 6) is 2.01. The van der Waals surface area contributed by atoms with E-state index in [4.69, 9.17) is 4.98 Å². The summed E-state index contributed by atoms with van der Waals surface area (Å²) in [6.45, 7) is 2.43. The van der Waals surface area contributed by atoms with Crippen LogP contribution in [0.1, 0.15) is 11.4 Å². The lowest BCUT2D eigenvalue weighted by atomic mass is 10.2. The molecule has 0 fully saturated rings. The van der Waals surface area contributed by atoms with Gasteiger partial charge < -0.3 is 5.32 Å². The predicted octanol–water partition coefficient (Wildman–Crippen LogP) is 3.31. The lowest BCUT2D eigenvalue weighted by Crippen LogP contribution is -2.07. The van der Waals surface area contributed by atoms with Crippen LogP contribution in [0.5, 0.6) is 0 Å². The van der Waals surface area contributed by atoms with E-state index in [1.54, 1.807) is 37.2 Å². The third-order valence-electron chi connectivity index (χ3n) is 3.88. The quantitative estimate of drug-likeness (QED) is 0.587. The Morgan fingerprint density at radius 1 is 0.852 bits per heavy atom. The third kappa shape index (κ3) is 4.09. The fraction of sp³-hybridized carbons (Fsp3) is 0.100. The summed E-state index contributed by atoms with van der Waals surface area (Å²) < 4.78 is 0. The molecule has 132 valence electrons.